The van der Waals surface area contributed by atoms with Gasteiger partial charge in [-0.3, -0.25) is 19.3 Å². The molecule has 2 rings (SSSR count). The molecule has 184 valence electrons. The normalized spacial score (nSPS) is 16.9. The molecular weight excluding hydrogens is 416 g/mol. The van der Waals surface area contributed by atoms with Crippen LogP contribution in [0.1, 0.15) is 84.1 Å². The van der Waals surface area contributed by atoms with Crippen molar-refractivity contribution in [3.63, 3.8) is 0 Å². The Balaban J connectivity index is 1.89. The van der Waals surface area contributed by atoms with E-state index in [4.69, 9.17) is 4.74 Å². The van der Waals surface area contributed by atoms with Gasteiger partial charge in [-0.1, -0.05) is 58.6 Å². The summed E-state index contributed by atoms with van der Waals surface area (Å²) >= 11 is 0. The summed E-state index contributed by atoms with van der Waals surface area (Å²) in [7, 11) is 0. The number of amides is 3. The Bertz CT molecular complexity index is 747. The van der Waals surface area contributed by atoms with Crippen molar-refractivity contribution in [3.8, 4) is 0 Å². The maximum absolute atomic E-state index is 13.2. The van der Waals surface area contributed by atoms with Crippen LogP contribution in [0, 0.1) is 11.8 Å². The molecule has 0 radical (unpaired) electrons. The minimum Gasteiger partial charge on any atom is -0.380 e. The van der Waals surface area contributed by atoms with Gasteiger partial charge in [-0.05, 0) is 49.3 Å². The molecule has 1 aliphatic rings. The van der Waals surface area contributed by atoms with Crippen LogP contribution in [0.15, 0.2) is 24.3 Å². The van der Waals surface area contributed by atoms with Crippen LogP contribution in [-0.4, -0.2) is 37.5 Å². The van der Waals surface area contributed by atoms with Gasteiger partial charge in [0.15, 0.2) is 0 Å². The highest BCUT2D eigenvalue weighted by Gasteiger charge is 2.42. The number of hydrogen-bond donors (Lipinski definition) is 1. The first kappa shape index (κ1) is 27.0. The average molecular weight is 459 g/mol. The number of nitrogens with one attached hydrogen (secondary N) is 1. The lowest BCUT2D eigenvalue weighted by atomic mass is 9.83. The zero-order chi connectivity index (χ0) is 24.1. The van der Waals surface area contributed by atoms with Gasteiger partial charge < -0.3 is 10.1 Å². The van der Waals surface area contributed by atoms with E-state index in [1.54, 1.807) is 0 Å². The Hall–Kier alpha value is -2.21. The lowest BCUT2D eigenvalue weighted by Crippen LogP contribution is -2.32. The minimum absolute atomic E-state index is 0.00282. The summed E-state index contributed by atoms with van der Waals surface area (Å²) in [5.41, 5.74) is 1.65. The van der Waals surface area contributed by atoms with Crippen LogP contribution in [0.25, 0.3) is 0 Å². The Kier molecular flexibility index (Phi) is 12.2. The largest absolute Gasteiger partial charge is 0.380 e. The van der Waals surface area contributed by atoms with Gasteiger partial charge in [0.2, 0.25) is 17.7 Å². The molecule has 6 nitrogen and oxygen atoms in total. The second-order valence-corrected chi connectivity index (χ2v) is 9.05. The van der Waals surface area contributed by atoms with E-state index in [-0.39, 0.29) is 29.6 Å². The molecule has 1 N–H and O–H groups in total. The fraction of sp³-hybridized carbons (Fsp3) is 0.667. The van der Waals surface area contributed by atoms with Crippen LogP contribution in [0.4, 0.5) is 5.69 Å². The van der Waals surface area contributed by atoms with E-state index in [9.17, 15) is 14.4 Å². The SMILES string of the molecule is CCCCCC(CCC)C1CC(=O)N(c2ccc(CCC(=O)NCCOCCC)cc2)C1=O. The van der Waals surface area contributed by atoms with Gasteiger partial charge in [-0.25, -0.2) is 0 Å². The number of carbonyl (C=O) groups excluding carboxylic acids is 3. The van der Waals surface area contributed by atoms with Gasteiger partial charge in [0.05, 0.1) is 18.2 Å². The Morgan fingerprint density at radius 1 is 1.03 bits per heavy atom. The number of ether oxygens (including phenoxy) is 1. The van der Waals surface area contributed by atoms with Crippen molar-refractivity contribution in [2.75, 3.05) is 24.7 Å². The highest BCUT2D eigenvalue weighted by Crippen LogP contribution is 2.35. The summed E-state index contributed by atoms with van der Waals surface area (Å²) in [4.78, 5) is 39.3. The first-order chi connectivity index (χ1) is 16.0. The van der Waals surface area contributed by atoms with Gasteiger partial charge in [-0.2, -0.15) is 0 Å². The molecule has 33 heavy (non-hydrogen) atoms. The summed E-state index contributed by atoms with van der Waals surface area (Å²) in [5, 5.41) is 2.86. The zero-order valence-corrected chi connectivity index (χ0v) is 20.7. The number of nitrogens with zero attached hydrogens (tertiary/aromatic N) is 1. The lowest BCUT2D eigenvalue weighted by molar-refractivity contribution is -0.123. The number of benzene rings is 1. The number of hydrogen-bond acceptors (Lipinski definition) is 4. The summed E-state index contributed by atoms with van der Waals surface area (Å²) < 4.78 is 5.36. The molecule has 0 aliphatic carbocycles. The first-order valence-corrected chi connectivity index (χ1v) is 12.8. The maximum Gasteiger partial charge on any atom is 0.237 e. The van der Waals surface area contributed by atoms with Gasteiger partial charge in [-0.15, -0.1) is 0 Å². The number of anilines is 1. The third-order valence-corrected chi connectivity index (χ3v) is 6.34. The van der Waals surface area contributed by atoms with Gasteiger partial charge in [0, 0.05) is 26.0 Å². The fourth-order valence-corrected chi connectivity index (χ4v) is 4.54. The van der Waals surface area contributed by atoms with Crippen molar-refractivity contribution >= 4 is 23.4 Å². The van der Waals surface area contributed by atoms with Crippen LogP contribution in [-0.2, 0) is 25.5 Å². The molecule has 1 aromatic rings. The third-order valence-electron chi connectivity index (χ3n) is 6.34. The first-order valence-electron chi connectivity index (χ1n) is 12.8. The summed E-state index contributed by atoms with van der Waals surface area (Å²) in [6, 6.07) is 7.48. The highest BCUT2D eigenvalue weighted by atomic mass is 16.5. The molecule has 2 atom stereocenters. The van der Waals surface area contributed by atoms with E-state index in [1.165, 1.54) is 11.3 Å². The summed E-state index contributed by atoms with van der Waals surface area (Å²) in [6.45, 7) is 8.14. The van der Waals surface area contributed by atoms with Crippen molar-refractivity contribution in [1.29, 1.82) is 0 Å². The maximum atomic E-state index is 13.2. The highest BCUT2D eigenvalue weighted by molar-refractivity contribution is 6.21. The second-order valence-electron chi connectivity index (χ2n) is 9.05. The molecule has 0 aromatic heterocycles. The fourth-order valence-electron chi connectivity index (χ4n) is 4.54. The molecule has 0 spiro atoms. The second kappa shape index (κ2) is 14.8. The molecule has 0 bridgehead atoms. The van der Waals surface area contributed by atoms with Crippen LogP contribution in [0.3, 0.4) is 0 Å². The van der Waals surface area contributed by atoms with Crippen molar-refractivity contribution in [3.05, 3.63) is 29.8 Å². The van der Waals surface area contributed by atoms with Gasteiger partial charge in [0.1, 0.15) is 0 Å². The zero-order valence-electron chi connectivity index (χ0n) is 20.7. The topological polar surface area (TPSA) is 75.7 Å². The number of unbranched alkanes of at least 4 members (excludes halogenated alkanes) is 2. The van der Waals surface area contributed by atoms with Crippen LogP contribution < -0.4 is 10.2 Å². The molecule has 6 heteroatoms. The Morgan fingerprint density at radius 2 is 1.79 bits per heavy atom. The van der Waals surface area contributed by atoms with Crippen LogP contribution in [0.5, 0.6) is 0 Å². The molecule has 3 amide bonds. The van der Waals surface area contributed by atoms with Crippen LogP contribution in [0.2, 0.25) is 0 Å². The van der Waals surface area contributed by atoms with E-state index < -0.39 is 0 Å². The van der Waals surface area contributed by atoms with E-state index in [2.05, 4.69) is 26.1 Å². The molecule has 1 aliphatic heterocycles. The third kappa shape index (κ3) is 8.58. The van der Waals surface area contributed by atoms with Crippen molar-refractivity contribution < 1.29 is 19.1 Å². The predicted octanol–water partition coefficient (Wildman–Crippen LogP) is 5.04. The standard InChI is InChI=1S/C27H42N2O4/c1-4-7-8-10-22(9-5-2)24-20-26(31)29(27(24)32)23-14-11-21(12-15-23)13-16-25(30)28-17-19-33-18-6-3/h11-12,14-15,22,24H,4-10,13,16-20H2,1-3H3,(H,28,30). The van der Waals surface area contributed by atoms with E-state index >= 15 is 0 Å². The van der Waals surface area contributed by atoms with Gasteiger partial charge >= 0.3 is 0 Å². The quantitative estimate of drug-likeness (QED) is 0.278. The average Bonchev–Trinajstić information content (AvgIpc) is 3.11. The molecular formula is C27H42N2O4. The molecule has 1 fully saturated rings. The monoisotopic (exact) mass is 458 g/mol. The lowest BCUT2D eigenvalue weighted by Gasteiger charge is -2.22. The number of aryl methyl sites for hydroxylation is 1. The Labute approximate surface area is 199 Å². The summed E-state index contributed by atoms with van der Waals surface area (Å²) in [5.74, 6) is -0.0597. The molecule has 1 heterocycles. The van der Waals surface area contributed by atoms with E-state index in [0.29, 0.717) is 44.7 Å². The van der Waals surface area contributed by atoms with Gasteiger partial charge in [0.25, 0.3) is 0 Å². The van der Waals surface area contributed by atoms with E-state index in [1.807, 2.05) is 24.3 Å². The van der Waals surface area contributed by atoms with E-state index in [0.717, 1.165) is 44.1 Å². The van der Waals surface area contributed by atoms with Crippen molar-refractivity contribution in [2.24, 2.45) is 11.8 Å². The predicted molar refractivity (Wildman–Crippen MR) is 132 cm³/mol. The number of carbonyl (C=O) groups is 3. The smallest absolute Gasteiger partial charge is 0.237 e. The Morgan fingerprint density at radius 3 is 2.45 bits per heavy atom. The molecule has 0 saturated carbocycles. The van der Waals surface area contributed by atoms with Crippen molar-refractivity contribution in [2.45, 2.75) is 85.0 Å². The molecule has 2 unspecified atom stereocenters. The number of imide groups is 1. The van der Waals surface area contributed by atoms with Crippen LogP contribution >= 0.6 is 0 Å². The molecule has 1 aromatic carbocycles. The minimum atomic E-state index is -0.195. The summed E-state index contributed by atoms with van der Waals surface area (Å²) in [6.07, 6.45) is 8.79. The number of rotatable bonds is 16. The molecule has 1 saturated heterocycles. The van der Waals surface area contributed by atoms with Crippen molar-refractivity contribution in [1.82, 2.24) is 5.32 Å².